The first kappa shape index (κ1) is 13.3. The molecule has 4 N–H and O–H groups in total. The number of hydrogen-bond donors (Lipinski definition) is 4. The lowest BCUT2D eigenvalue weighted by Gasteiger charge is -2.38. The summed E-state index contributed by atoms with van der Waals surface area (Å²) in [5, 5.41) is 40.0. The molecule has 0 radical (unpaired) electrons. The standard InChI is InChI=1S/C17H17NO4/c1-18-6-9-2-8-3-12(19)13(20)5-11(8)16-15(9)10(7-18)4-14(21)17(16)22/h3-5,9,19-22H,2,6-7H2,1H3. The molecule has 0 bridgehead atoms. The van der Waals surface area contributed by atoms with Gasteiger partial charge in [-0.2, -0.15) is 0 Å². The molecule has 1 aliphatic heterocycles. The Kier molecular flexibility index (Phi) is 2.60. The number of phenols is 4. The van der Waals surface area contributed by atoms with E-state index in [2.05, 4.69) is 4.90 Å². The summed E-state index contributed by atoms with van der Waals surface area (Å²) in [4.78, 5) is 2.18. The highest BCUT2D eigenvalue weighted by Gasteiger charge is 2.35. The van der Waals surface area contributed by atoms with E-state index < -0.39 is 0 Å². The minimum Gasteiger partial charge on any atom is -0.504 e. The Morgan fingerprint density at radius 1 is 0.955 bits per heavy atom. The largest absolute Gasteiger partial charge is 0.504 e. The van der Waals surface area contributed by atoms with Crippen LogP contribution in [0.1, 0.15) is 22.6 Å². The van der Waals surface area contributed by atoms with E-state index in [4.69, 9.17) is 0 Å². The first-order chi connectivity index (χ1) is 10.5. The zero-order valence-electron chi connectivity index (χ0n) is 12.2. The van der Waals surface area contributed by atoms with Crippen LogP contribution in [0.5, 0.6) is 23.0 Å². The number of aromatic hydroxyl groups is 4. The van der Waals surface area contributed by atoms with Gasteiger partial charge in [-0.1, -0.05) is 0 Å². The van der Waals surface area contributed by atoms with Gasteiger partial charge in [0.1, 0.15) is 0 Å². The highest BCUT2D eigenvalue weighted by Crippen LogP contribution is 2.52. The van der Waals surface area contributed by atoms with E-state index in [0.717, 1.165) is 29.7 Å². The lowest BCUT2D eigenvalue weighted by Crippen LogP contribution is -2.33. The van der Waals surface area contributed by atoms with Crippen molar-refractivity contribution >= 4 is 0 Å². The molecule has 5 heteroatoms. The van der Waals surface area contributed by atoms with Gasteiger partial charge in [0.2, 0.25) is 0 Å². The summed E-state index contributed by atoms with van der Waals surface area (Å²) in [7, 11) is 2.02. The van der Waals surface area contributed by atoms with Crippen molar-refractivity contribution in [1.29, 1.82) is 0 Å². The van der Waals surface area contributed by atoms with Gasteiger partial charge in [0.05, 0.1) is 0 Å². The predicted molar refractivity (Wildman–Crippen MR) is 81.3 cm³/mol. The molecule has 4 rings (SSSR count). The maximum absolute atomic E-state index is 10.4. The number of fused-ring (bicyclic) bond motifs is 2. The second-order valence-corrected chi connectivity index (χ2v) is 6.29. The molecule has 1 heterocycles. The zero-order chi connectivity index (χ0) is 15.6. The Bertz CT molecular complexity index is 800. The van der Waals surface area contributed by atoms with E-state index in [9.17, 15) is 20.4 Å². The molecule has 2 aromatic rings. The number of hydrogen-bond acceptors (Lipinski definition) is 5. The summed E-state index contributed by atoms with van der Waals surface area (Å²) < 4.78 is 0. The van der Waals surface area contributed by atoms with E-state index >= 15 is 0 Å². The van der Waals surface area contributed by atoms with E-state index in [1.165, 1.54) is 6.07 Å². The van der Waals surface area contributed by atoms with Crippen molar-refractivity contribution in [2.75, 3.05) is 13.6 Å². The van der Waals surface area contributed by atoms with Crippen LogP contribution in [0.15, 0.2) is 18.2 Å². The van der Waals surface area contributed by atoms with Crippen LogP contribution in [0.3, 0.4) is 0 Å². The smallest absolute Gasteiger partial charge is 0.165 e. The van der Waals surface area contributed by atoms with Crippen molar-refractivity contribution in [2.45, 2.75) is 18.9 Å². The molecular weight excluding hydrogens is 282 g/mol. The van der Waals surface area contributed by atoms with Crippen LogP contribution in [-0.2, 0) is 13.0 Å². The molecule has 0 fully saturated rings. The Balaban J connectivity index is 2.07. The van der Waals surface area contributed by atoms with Crippen molar-refractivity contribution in [3.8, 4) is 34.1 Å². The monoisotopic (exact) mass is 299 g/mol. The van der Waals surface area contributed by atoms with Crippen LogP contribution in [0.4, 0.5) is 0 Å². The van der Waals surface area contributed by atoms with Gasteiger partial charge in [-0.3, -0.25) is 0 Å². The van der Waals surface area contributed by atoms with Crippen LogP contribution < -0.4 is 0 Å². The third kappa shape index (κ3) is 1.69. The summed E-state index contributed by atoms with van der Waals surface area (Å²) in [5.74, 6) is -0.484. The van der Waals surface area contributed by atoms with Gasteiger partial charge in [-0.15, -0.1) is 0 Å². The lowest BCUT2D eigenvalue weighted by molar-refractivity contribution is 0.277. The molecular formula is C17H17NO4. The van der Waals surface area contributed by atoms with E-state index in [0.29, 0.717) is 17.7 Å². The quantitative estimate of drug-likeness (QED) is 0.561. The SMILES string of the molecule is CN1Cc2cc(O)c(O)c3c2C(Cc2cc(O)c(O)cc2-3)C1. The number of phenolic OH excluding ortho intramolecular Hbond substituents is 4. The van der Waals surface area contributed by atoms with Crippen LogP contribution in [-0.4, -0.2) is 38.9 Å². The normalized spacial score (nSPS) is 19.6. The topological polar surface area (TPSA) is 84.2 Å². The Labute approximate surface area is 127 Å². The maximum Gasteiger partial charge on any atom is 0.165 e. The second-order valence-electron chi connectivity index (χ2n) is 6.29. The summed E-state index contributed by atoms with van der Waals surface area (Å²) in [5.41, 5.74) is 4.19. The number of nitrogens with zero attached hydrogens (tertiary/aromatic N) is 1. The summed E-state index contributed by atoms with van der Waals surface area (Å²) >= 11 is 0. The van der Waals surface area contributed by atoms with Crippen molar-refractivity contribution in [3.05, 3.63) is 34.9 Å². The van der Waals surface area contributed by atoms with Crippen LogP contribution in [0.25, 0.3) is 11.1 Å². The highest BCUT2D eigenvalue weighted by atomic mass is 16.3. The van der Waals surface area contributed by atoms with Crippen molar-refractivity contribution in [1.82, 2.24) is 4.90 Å². The Morgan fingerprint density at radius 2 is 1.64 bits per heavy atom. The fraction of sp³-hybridized carbons (Fsp3) is 0.294. The van der Waals surface area contributed by atoms with Gasteiger partial charge in [-0.05, 0) is 53.9 Å². The zero-order valence-corrected chi connectivity index (χ0v) is 12.2. The molecule has 22 heavy (non-hydrogen) atoms. The summed E-state index contributed by atoms with van der Waals surface area (Å²) in [6.45, 7) is 1.57. The molecule has 0 amide bonds. The summed E-state index contributed by atoms with van der Waals surface area (Å²) in [6, 6.07) is 4.64. The highest BCUT2D eigenvalue weighted by molar-refractivity contribution is 5.84. The molecule has 1 atom stereocenters. The summed E-state index contributed by atoms with van der Waals surface area (Å²) in [6.07, 6.45) is 0.734. The predicted octanol–water partition coefficient (Wildman–Crippen LogP) is 2.26. The maximum atomic E-state index is 10.4. The van der Waals surface area contributed by atoms with Crippen LogP contribution in [0.2, 0.25) is 0 Å². The second kappa shape index (κ2) is 4.30. The van der Waals surface area contributed by atoms with Gasteiger partial charge in [-0.25, -0.2) is 0 Å². The molecule has 5 nitrogen and oxygen atoms in total. The van der Waals surface area contributed by atoms with Crippen LogP contribution >= 0.6 is 0 Å². The number of rotatable bonds is 0. The van der Waals surface area contributed by atoms with Gasteiger partial charge < -0.3 is 25.3 Å². The molecule has 2 aromatic carbocycles. The molecule has 0 saturated heterocycles. The fourth-order valence-corrected chi connectivity index (χ4v) is 3.87. The minimum atomic E-state index is -0.221. The third-order valence-corrected chi connectivity index (χ3v) is 4.72. The van der Waals surface area contributed by atoms with E-state index in [-0.39, 0.29) is 28.9 Å². The third-order valence-electron chi connectivity index (χ3n) is 4.72. The van der Waals surface area contributed by atoms with Gasteiger partial charge >= 0.3 is 0 Å². The average Bonchev–Trinajstić information content (AvgIpc) is 2.44. The first-order valence-electron chi connectivity index (χ1n) is 7.27. The first-order valence-corrected chi connectivity index (χ1v) is 7.27. The molecule has 1 aliphatic carbocycles. The molecule has 114 valence electrons. The molecule has 0 aromatic heterocycles. The van der Waals surface area contributed by atoms with E-state index in [1.807, 2.05) is 7.05 Å². The molecule has 0 spiro atoms. The van der Waals surface area contributed by atoms with Gasteiger partial charge in [0.25, 0.3) is 0 Å². The van der Waals surface area contributed by atoms with Crippen molar-refractivity contribution in [2.24, 2.45) is 0 Å². The van der Waals surface area contributed by atoms with Crippen molar-refractivity contribution < 1.29 is 20.4 Å². The fourth-order valence-electron chi connectivity index (χ4n) is 3.87. The number of benzene rings is 2. The Morgan fingerprint density at radius 3 is 2.41 bits per heavy atom. The van der Waals surface area contributed by atoms with Crippen LogP contribution in [0, 0.1) is 0 Å². The number of likely N-dealkylation sites (N-methyl/N-ethyl adjacent to an activating group) is 1. The van der Waals surface area contributed by atoms with Gasteiger partial charge in [0.15, 0.2) is 23.0 Å². The van der Waals surface area contributed by atoms with Gasteiger partial charge in [0, 0.05) is 24.6 Å². The molecule has 1 unspecified atom stereocenters. The Hall–Kier alpha value is -2.40. The lowest BCUT2D eigenvalue weighted by atomic mass is 9.74. The average molecular weight is 299 g/mol. The molecule has 0 saturated carbocycles. The van der Waals surface area contributed by atoms with E-state index in [1.54, 1.807) is 12.1 Å². The molecule has 2 aliphatic rings. The van der Waals surface area contributed by atoms with Crippen molar-refractivity contribution in [3.63, 3.8) is 0 Å². The minimum absolute atomic E-state index is 0.150.